The van der Waals surface area contributed by atoms with E-state index >= 15 is 0 Å². The number of hydrogen-bond donors (Lipinski definition) is 2. The Bertz CT molecular complexity index is 939. The maximum Gasteiger partial charge on any atom is 0.242 e. The van der Waals surface area contributed by atoms with Gasteiger partial charge in [0.05, 0.1) is 12.7 Å². The van der Waals surface area contributed by atoms with E-state index in [1.54, 1.807) is 6.26 Å². The van der Waals surface area contributed by atoms with Crippen LogP contribution >= 0.6 is 0 Å². The first kappa shape index (κ1) is 18.7. The van der Waals surface area contributed by atoms with Gasteiger partial charge in [-0.05, 0) is 98.8 Å². The van der Waals surface area contributed by atoms with Gasteiger partial charge in [0.25, 0.3) is 0 Å². The van der Waals surface area contributed by atoms with Crippen LogP contribution in [0.2, 0.25) is 0 Å². The van der Waals surface area contributed by atoms with Crippen LogP contribution in [0.15, 0.2) is 22.8 Å². The summed E-state index contributed by atoms with van der Waals surface area (Å²) in [7, 11) is 0. The molecule has 4 aliphatic carbocycles. The molecule has 2 aromatic rings. The highest BCUT2D eigenvalue weighted by atomic mass is 16.3. The summed E-state index contributed by atoms with van der Waals surface area (Å²) in [6.45, 7) is 4.10. The number of carbonyl (C=O) groups is 2. The van der Waals surface area contributed by atoms with Crippen molar-refractivity contribution in [3.63, 3.8) is 0 Å². The third-order valence-electron chi connectivity index (χ3n) is 7.66. The Hall–Kier alpha value is -2.30. The molecule has 0 unspecified atom stereocenters. The molecule has 0 spiro atoms. The van der Waals surface area contributed by atoms with Gasteiger partial charge in [0.15, 0.2) is 0 Å². The molecule has 4 bridgehead atoms. The van der Waals surface area contributed by atoms with E-state index in [2.05, 4.69) is 23.8 Å². The van der Waals surface area contributed by atoms with Gasteiger partial charge in [-0.25, -0.2) is 0 Å². The number of carbonyl (C=O) groups excluding carboxylic acids is 2. The number of rotatable bonds is 4. The zero-order valence-corrected chi connectivity index (χ0v) is 17.3. The lowest BCUT2D eigenvalue weighted by atomic mass is 9.49. The van der Waals surface area contributed by atoms with Crippen molar-refractivity contribution >= 4 is 22.8 Å². The molecule has 0 aliphatic heterocycles. The maximum absolute atomic E-state index is 12.6. The molecule has 29 heavy (non-hydrogen) atoms. The SMILES string of the molecule is Cc1cc2occ(CC(=O)NNC(=O)CC34CC5CC(CC(C5)C3)C4)c2cc1C. The van der Waals surface area contributed by atoms with Crippen molar-refractivity contribution in [1.82, 2.24) is 10.9 Å². The second-order valence-electron chi connectivity index (χ2n) is 10.1. The molecule has 1 aromatic carbocycles. The maximum atomic E-state index is 12.6. The van der Waals surface area contributed by atoms with Crippen molar-refractivity contribution in [3.05, 3.63) is 35.1 Å². The number of hydrogen-bond acceptors (Lipinski definition) is 3. The van der Waals surface area contributed by atoms with E-state index in [0.29, 0.717) is 6.42 Å². The van der Waals surface area contributed by atoms with E-state index in [4.69, 9.17) is 4.42 Å². The minimum atomic E-state index is -0.218. The first-order chi connectivity index (χ1) is 13.9. The van der Waals surface area contributed by atoms with Crippen LogP contribution in [0.1, 0.15) is 61.6 Å². The van der Waals surface area contributed by atoms with Crippen LogP contribution in [0.5, 0.6) is 0 Å². The number of nitrogens with one attached hydrogen (secondary N) is 2. The largest absolute Gasteiger partial charge is 0.464 e. The monoisotopic (exact) mass is 394 g/mol. The third kappa shape index (κ3) is 3.56. The quantitative estimate of drug-likeness (QED) is 0.758. The molecule has 4 aliphatic rings. The lowest BCUT2D eigenvalue weighted by Gasteiger charge is -2.56. The van der Waals surface area contributed by atoms with Crippen LogP contribution in [-0.4, -0.2) is 11.8 Å². The molecule has 0 radical (unpaired) electrons. The van der Waals surface area contributed by atoms with Crippen LogP contribution in [0, 0.1) is 37.0 Å². The lowest BCUT2D eigenvalue weighted by molar-refractivity contribution is -0.134. The first-order valence-corrected chi connectivity index (χ1v) is 10.9. The normalized spacial score (nSPS) is 29.9. The summed E-state index contributed by atoms with van der Waals surface area (Å²) in [6, 6.07) is 4.06. The van der Waals surface area contributed by atoms with Gasteiger partial charge in [-0.3, -0.25) is 20.4 Å². The number of furan rings is 1. The molecule has 0 atom stereocenters. The van der Waals surface area contributed by atoms with Crippen molar-refractivity contribution in [2.45, 2.75) is 65.2 Å². The molecular weight excluding hydrogens is 364 g/mol. The van der Waals surface area contributed by atoms with Crippen molar-refractivity contribution in [3.8, 4) is 0 Å². The minimum Gasteiger partial charge on any atom is -0.464 e. The van der Waals surface area contributed by atoms with Crippen LogP contribution in [-0.2, 0) is 16.0 Å². The van der Waals surface area contributed by atoms with E-state index in [0.717, 1.165) is 34.3 Å². The Morgan fingerprint density at radius 1 is 0.966 bits per heavy atom. The van der Waals surface area contributed by atoms with Crippen molar-refractivity contribution in [2.75, 3.05) is 0 Å². The Kier molecular flexibility index (Phi) is 4.45. The lowest BCUT2D eigenvalue weighted by Crippen LogP contribution is -2.50. The van der Waals surface area contributed by atoms with Gasteiger partial charge < -0.3 is 4.42 Å². The van der Waals surface area contributed by atoms with Crippen molar-refractivity contribution in [2.24, 2.45) is 23.2 Å². The van der Waals surface area contributed by atoms with Gasteiger partial charge >= 0.3 is 0 Å². The van der Waals surface area contributed by atoms with Crippen molar-refractivity contribution < 1.29 is 14.0 Å². The van der Waals surface area contributed by atoms with E-state index in [9.17, 15) is 9.59 Å². The second kappa shape index (κ2) is 6.89. The van der Waals surface area contributed by atoms with E-state index in [1.165, 1.54) is 49.7 Å². The summed E-state index contributed by atoms with van der Waals surface area (Å²) >= 11 is 0. The highest BCUT2D eigenvalue weighted by Crippen LogP contribution is 2.61. The summed E-state index contributed by atoms with van der Waals surface area (Å²) in [6.07, 6.45) is 10.1. The number of aryl methyl sites for hydroxylation is 2. The van der Waals surface area contributed by atoms with Gasteiger partial charge in [0.2, 0.25) is 11.8 Å². The molecular formula is C24H30N2O3. The highest BCUT2D eigenvalue weighted by Gasteiger charge is 2.51. The van der Waals surface area contributed by atoms with Gasteiger partial charge in [0, 0.05) is 17.4 Å². The predicted molar refractivity (Wildman–Crippen MR) is 111 cm³/mol. The molecule has 5 heteroatoms. The Morgan fingerprint density at radius 3 is 2.21 bits per heavy atom. The molecule has 0 saturated heterocycles. The fourth-order valence-corrected chi connectivity index (χ4v) is 6.72. The topological polar surface area (TPSA) is 71.3 Å². The summed E-state index contributed by atoms with van der Waals surface area (Å²) in [5.74, 6) is 2.20. The summed E-state index contributed by atoms with van der Waals surface area (Å²) in [4.78, 5) is 25.0. The van der Waals surface area contributed by atoms with E-state index in [1.807, 2.05) is 13.0 Å². The van der Waals surface area contributed by atoms with Gasteiger partial charge in [0.1, 0.15) is 5.58 Å². The fraction of sp³-hybridized carbons (Fsp3) is 0.583. The van der Waals surface area contributed by atoms with Crippen LogP contribution in [0.4, 0.5) is 0 Å². The summed E-state index contributed by atoms with van der Waals surface area (Å²) in [5.41, 5.74) is 9.44. The third-order valence-corrected chi connectivity index (χ3v) is 7.66. The standard InChI is InChI=1S/C24H30N2O3/c1-14-3-20-19(13-29-21(20)4-15(14)2)8-22(27)25-26-23(28)12-24-9-16-5-17(10-24)7-18(6-16)11-24/h3-4,13,16-18H,5-12H2,1-2H3,(H,25,27)(H,26,28). The van der Waals surface area contributed by atoms with Crippen molar-refractivity contribution in [1.29, 1.82) is 0 Å². The van der Waals surface area contributed by atoms with Gasteiger partial charge in [-0.2, -0.15) is 0 Å². The summed E-state index contributed by atoms with van der Waals surface area (Å²) in [5, 5.41) is 0.961. The molecule has 5 nitrogen and oxygen atoms in total. The second-order valence-corrected chi connectivity index (χ2v) is 10.1. The van der Waals surface area contributed by atoms with E-state index < -0.39 is 0 Å². The average Bonchev–Trinajstić information content (AvgIpc) is 3.00. The molecule has 2 N–H and O–H groups in total. The van der Waals surface area contributed by atoms with Crippen LogP contribution < -0.4 is 10.9 Å². The summed E-state index contributed by atoms with van der Waals surface area (Å²) < 4.78 is 5.60. The fourth-order valence-electron chi connectivity index (χ4n) is 6.72. The molecule has 154 valence electrons. The Balaban J connectivity index is 1.17. The molecule has 1 heterocycles. The Labute approximate surface area is 171 Å². The average molecular weight is 395 g/mol. The minimum absolute atomic E-state index is 0.0520. The Morgan fingerprint density at radius 2 is 1.55 bits per heavy atom. The van der Waals surface area contributed by atoms with E-state index in [-0.39, 0.29) is 23.7 Å². The molecule has 2 amide bonds. The molecule has 4 fully saturated rings. The zero-order chi connectivity index (χ0) is 20.2. The predicted octanol–water partition coefficient (Wildman–Crippen LogP) is 4.35. The smallest absolute Gasteiger partial charge is 0.242 e. The number of hydrazine groups is 1. The van der Waals surface area contributed by atoms with Gasteiger partial charge in [-0.1, -0.05) is 0 Å². The first-order valence-electron chi connectivity index (χ1n) is 10.9. The molecule has 4 saturated carbocycles. The number of benzene rings is 1. The molecule has 1 aromatic heterocycles. The number of amides is 2. The number of fused-ring (bicyclic) bond motifs is 1. The van der Waals surface area contributed by atoms with Crippen LogP contribution in [0.3, 0.4) is 0 Å². The molecule has 6 rings (SSSR count). The highest BCUT2D eigenvalue weighted by molar-refractivity contribution is 5.89. The van der Waals surface area contributed by atoms with Crippen LogP contribution in [0.25, 0.3) is 11.0 Å². The van der Waals surface area contributed by atoms with Gasteiger partial charge in [-0.15, -0.1) is 0 Å². The zero-order valence-electron chi connectivity index (χ0n) is 17.3.